The van der Waals surface area contributed by atoms with E-state index in [-0.39, 0.29) is 5.91 Å². The molecule has 0 atom stereocenters. The number of hydrogen-bond donors (Lipinski definition) is 2. The minimum absolute atomic E-state index is 0.0536. The Balaban J connectivity index is 2.76. The van der Waals surface area contributed by atoms with Crippen LogP contribution in [0.1, 0.15) is 12.5 Å². The van der Waals surface area contributed by atoms with Gasteiger partial charge in [-0.2, -0.15) is 0 Å². The van der Waals surface area contributed by atoms with Crippen molar-refractivity contribution in [3.63, 3.8) is 0 Å². The summed E-state index contributed by atoms with van der Waals surface area (Å²) < 4.78 is 0. The van der Waals surface area contributed by atoms with Crippen LogP contribution in [-0.4, -0.2) is 5.91 Å². The number of anilines is 1. The molecule has 1 aromatic heterocycles. The first-order chi connectivity index (χ1) is 5.24. The van der Waals surface area contributed by atoms with E-state index < -0.39 is 0 Å². The van der Waals surface area contributed by atoms with Gasteiger partial charge in [0.2, 0.25) is 5.91 Å². The minimum atomic E-state index is -0.0536. The molecule has 0 bridgehead atoms. The highest BCUT2D eigenvalue weighted by atomic mass is 32.1. The van der Waals surface area contributed by atoms with Gasteiger partial charge in [-0.1, -0.05) is 0 Å². The second-order valence-electron chi connectivity index (χ2n) is 2.16. The molecule has 0 aliphatic heterocycles. The third-order valence-electron chi connectivity index (χ3n) is 1.26. The molecular weight excluding hydrogens is 160 g/mol. The maximum atomic E-state index is 10.6. The van der Waals surface area contributed by atoms with Crippen molar-refractivity contribution < 1.29 is 4.79 Å². The first-order valence-corrected chi connectivity index (χ1v) is 4.16. The number of thiophene rings is 1. The standard InChI is InChI=1S/C7H10N2OS/c1-5(10)9-7-6(4-8)2-3-11-7/h2-3H,4,8H2,1H3,(H,9,10). The predicted molar refractivity (Wildman–Crippen MR) is 46.5 cm³/mol. The molecule has 0 aromatic carbocycles. The molecule has 0 saturated carbocycles. The lowest BCUT2D eigenvalue weighted by Crippen LogP contribution is -2.07. The van der Waals surface area contributed by atoms with Crippen molar-refractivity contribution in [2.45, 2.75) is 13.5 Å². The Kier molecular flexibility index (Phi) is 2.62. The Labute approximate surface area is 69.2 Å². The van der Waals surface area contributed by atoms with Crippen molar-refractivity contribution in [3.05, 3.63) is 17.0 Å². The van der Waals surface area contributed by atoms with E-state index in [0.29, 0.717) is 6.54 Å². The summed E-state index contributed by atoms with van der Waals surface area (Å²) in [6, 6.07) is 1.91. The summed E-state index contributed by atoms with van der Waals surface area (Å²) in [5, 5.41) is 5.48. The summed E-state index contributed by atoms with van der Waals surface area (Å²) in [7, 11) is 0. The Morgan fingerprint density at radius 3 is 3.09 bits per heavy atom. The fourth-order valence-corrected chi connectivity index (χ4v) is 1.64. The molecule has 0 spiro atoms. The number of rotatable bonds is 2. The topological polar surface area (TPSA) is 55.1 Å². The lowest BCUT2D eigenvalue weighted by atomic mass is 10.3. The van der Waals surface area contributed by atoms with Crippen LogP contribution in [-0.2, 0) is 11.3 Å². The van der Waals surface area contributed by atoms with E-state index in [9.17, 15) is 4.79 Å². The SMILES string of the molecule is CC(=O)Nc1sccc1CN. The first-order valence-electron chi connectivity index (χ1n) is 3.28. The monoisotopic (exact) mass is 170 g/mol. The largest absolute Gasteiger partial charge is 0.326 e. The lowest BCUT2D eigenvalue weighted by Gasteiger charge is -1.99. The fourth-order valence-electron chi connectivity index (χ4n) is 0.766. The molecule has 4 heteroatoms. The molecule has 0 aliphatic rings. The second kappa shape index (κ2) is 3.50. The smallest absolute Gasteiger partial charge is 0.221 e. The van der Waals surface area contributed by atoms with E-state index in [1.54, 1.807) is 0 Å². The quantitative estimate of drug-likeness (QED) is 0.700. The highest BCUT2D eigenvalue weighted by molar-refractivity contribution is 7.14. The zero-order valence-electron chi connectivity index (χ0n) is 6.26. The van der Waals surface area contributed by atoms with Crippen molar-refractivity contribution in [1.29, 1.82) is 0 Å². The zero-order chi connectivity index (χ0) is 8.27. The molecule has 0 aliphatic carbocycles. The van der Waals surface area contributed by atoms with Crippen LogP contribution in [0.2, 0.25) is 0 Å². The van der Waals surface area contributed by atoms with E-state index in [1.165, 1.54) is 18.3 Å². The zero-order valence-corrected chi connectivity index (χ0v) is 7.07. The normalized spacial score (nSPS) is 9.64. The molecular formula is C7H10N2OS. The van der Waals surface area contributed by atoms with Crippen LogP contribution in [0.4, 0.5) is 5.00 Å². The van der Waals surface area contributed by atoms with Gasteiger partial charge in [-0.25, -0.2) is 0 Å². The van der Waals surface area contributed by atoms with Crippen LogP contribution >= 0.6 is 11.3 Å². The van der Waals surface area contributed by atoms with E-state index >= 15 is 0 Å². The molecule has 60 valence electrons. The van der Waals surface area contributed by atoms with Crippen LogP contribution in [0.5, 0.6) is 0 Å². The summed E-state index contributed by atoms with van der Waals surface area (Å²) in [5.41, 5.74) is 6.42. The number of nitrogens with two attached hydrogens (primary N) is 1. The van der Waals surface area contributed by atoms with Gasteiger partial charge in [0.05, 0.1) is 5.00 Å². The number of carbonyl (C=O) groups is 1. The number of carbonyl (C=O) groups excluding carboxylic acids is 1. The predicted octanol–water partition coefficient (Wildman–Crippen LogP) is 1.17. The summed E-state index contributed by atoms with van der Waals surface area (Å²) in [6.45, 7) is 1.96. The highest BCUT2D eigenvalue weighted by Crippen LogP contribution is 2.22. The molecule has 1 aromatic rings. The van der Waals surface area contributed by atoms with Crippen molar-refractivity contribution in [2.75, 3.05) is 5.32 Å². The first kappa shape index (κ1) is 8.23. The average molecular weight is 170 g/mol. The molecule has 11 heavy (non-hydrogen) atoms. The van der Waals surface area contributed by atoms with Crippen LogP contribution in [0.25, 0.3) is 0 Å². The molecule has 0 fully saturated rings. The van der Waals surface area contributed by atoms with E-state index in [4.69, 9.17) is 5.73 Å². The maximum absolute atomic E-state index is 10.6. The van der Waals surface area contributed by atoms with E-state index in [1.807, 2.05) is 11.4 Å². The molecule has 1 rings (SSSR count). The van der Waals surface area contributed by atoms with Gasteiger partial charge >= 0.3 is 0 Å². The van der Waals surface area contributed by atoms with Gasteiger partial charge in [-0.05, 0) is 11.4 Å². The number of nitrogens with one attached hydrogen (secondary N) is 1. The number of amides is 1. The summed E-state index contributed by atoms with van der Waals surface area (Å²) in [4.78, 5) is 10.6. The van der Waals surface area contributed by atoms with Crippen LogP contribution in [0, 0.1) is 0 Å². The third-order valence-corrected chi connectivity index (χ3v) is 2.13. The van der Waals surface area contributed by atoms with Gasteiger partial charge in [0.1, 0.15) is 0 Å². The lowest BCUT2D eigenvalue weighted by molar-refractivity contribution is -0.114. The molecule has 0 saturated heterocycles. The summed E-state index contributed by atoms with van der Waals surface area (Å²) >= 11 is 1.49. The number of hydrogen-bond acceptors (Lipinski definition) is 3. The van der Waals surface area contributed by atoms with Gasteiger partial charge in [0.15, 0.2) is 0 Å². The van der Waals surface area contributed by atoms with Crippen LogP contribution < -0.4 is 11.1 Å². The molecule has 3 nitrogen and oxygen atoms in total. The Hall–Kier alpha value is -0.870. The fraction of sp³-hybridized carbons (Fsp3) is 0.286. The van der Waals surface area contributed by atoms with E-state index in [2.05, 4.69) is 5.32 Å². The Morgan fingerprint density at radius 1 is 1.82 bits per heavy atom. The molecule has 0 unspecified atom stereocenters. The second-order valence-corrected chi connectivity index (χ2v) is 3.08. The molecule has 3 N–H and O–H groups in total. The van der Waals surface area contributed by atoms with Crippen molar-refractivity contribution in [3.8, 4) is 0 Å². The summed E-state index contributed by atoms with van der Waals surface area (Å²) in [5.74, 6) is -0.0536. The molecule has 1 amide bonds. The van der Waals surface area contributed by atoms with Gasteiger partial charge in [-0.15, -0.1) is 11.3 Å². The van der Waals surface area contributed by atoms with Gasteiger partial charge in [0.25, 0.3) is 0 Å². The molecule has 0 radical (unpaired) electrons. The van der Waals surface area contributed by atoms with Gasteiger partial charge in [-0.3, -0.25) is 4.79 Å². The minimum Gasteiger partial charge on any atom is -0.326 e. The van der Waals surface area contributed by atoms with Gasteiger partial charge < -0.3 is 11.1 Å². The summed E-state index contributed by atoms with van der Waals surface area (Å²) in [6.07, 6.45) is 0. The van der Waals surface area contributed by atoms with Crippen molar-refractivity contribution >= 4 is 22.2 Å². The molecule has 1 heterocycles. The maximum Gasteiger partial charge on any atom is 0.221 e. The van der Waals surface area contributed by atoms with Crippen molar-refractivity contribution in [1.82, 2.24) is 0 Å². The Morgan fingerprint density at radius 2 is 2.55 bits per heavy atom. The highest BCUT2D eigenvalue weighted by Gasteiger charge is 2.02. The Bertz CT molecular complexity index is 257. The van der Waals surface area contributed by atoms with E-state index in [0.717, 1.165) is 10.6 Å². The third kappa shape index (κ3) is 2.03. The van der Waals surface area contributed by atoms with Gasteiger partial charge in [0, 0.05) is 19.0 Å². The van der Waals surface area contributed by atoms with Crippen LogP contribution in [0.3, 0.4) is 0 Å². The van der Waals surface area contributed by atoms with Crippen LogP contribution in [0.15, 0.2) is 11.4 Å². The van der Waals surface area contributed by atoms with Crippen molar-refractivity contribution in [2.24, 2.45) is 5.73 Å². The average Bonchev–Trinajstić information content (AvgIpc) is 2.34.